The fraction of sp³-hybridized carbons (Fsp3) is 0.900. The molecular formula is C10H19N3O2. The predicted octanol–water partition coefficient (Wildman–Crippen LogP) is -0.580. The van der Waals surface area contributed by atoms with Crippen LogP contribution in [0.5, 0.6) is 0 Å². The van der Waals surface area contributed by atoms with E-state index in [2.05, 4.69) is 11.9 Å². The van der Waals surface area contributed by atoms with Crippen molar-refractivity contribution >= 4 is 6.03 Å². The molecule has 15 heavy (non-hydrogen) atoms. The molecule has 2 aliphatic heterocycles. The van der Waals surface area contributed by atoms with Gasteiger partial charge in [0.05, 0.1) is 6.10 Å². The van der Waals surface area contributed by atoms with Gasteiger partial charge in [-0.3, -0.25) is 0 Å². The quantitative estimate of drug-likeness (QED) is 0.585. The Morgan fingerprint density at radius 1 is 1.13 bits per heavy atom. The van der Waals surface area contributed by atoms with Crippen LogP contribution >= 0.6 is 0 Å². The van der Waals surface area contributed by atoms with Gasteiger partial charge < -0.3 is 19.8 Å². The molecule has 0 aromatic heterocycles. The Morgan fingerprint density at radius 3 is 2.33 bits per heavy atom. The van der Waals surface area contributed by atoms with Gasteiger partial charge in [0.15, 0.2) is 0 Å². The van der Waals surface area contributed by atoms with Crippen LogP contribution in [0, 0.1) is 0 Å². The van der Waals surface area contributed by atoms with E-state index in [1.54, 1.807) is 4.90 Å². The number of likely N-dealkylation sites (tertiary alicyclic amines) is 1. The summed E-state index contributed by atoms with van der Waals surface area (Å²) in [7, 11) is 2.07. The summed E-state index contributed by atoms with van der Waals surface area (Å²) in [5.41, 5.74) is 0. The summed E-state index contributed by atoms with van der Waals surface area (Å²) in [4.78, 5) is 17.8. The molecule has 2 rings (SSSR count). The van der Waals surface area contributed by atoms with Crippen molar-refractivity contribution in [3.8, 4) is 0 Å². The van der Waals surface area contributed by atoms with E-state index >= 15 is 0 Å². The van der Waals surface area contributed by atoms with E-state index in [0.29, 0.717) is 13.1 Å². The maximum atomic E-state index is 12.0. The first-order valence-corrected chi connectivity index (χ1v) is 5.57. The van der Waals surface area contributed by atoms with Gasteiger partial charge in [0.2, 0.25) is 0 Å². The summed E-state index contributed by atoms with van der Waals surface area (Å²) >= 11 is 0. The molecule has 2 saturated heterocycles. The minimum absolute atomic E-state index is 0.0969. The molecule has 5 nitrogen and oxygen atoms in total. The highest BCUT2D eigenvalue weighted by molar-refractivity contribution is 5.75. The molecule has 1 atom stereocenters. The standard InChI is InChI=1S/C10H19N3O2/c1-11-4-6-12(7-5-11)10(15)13-3-2-9(14)8-13/h9,14H,2-8H2,1H3. The van der Waals surface area contributed by atoms with E-state index in [4.69, 9.17) is 0 Å². The Hall–Kier alpha value is -0.810. The van der Waals surface area contributed by atoms with E-state index in [9.17, 15) is 9.90 Å². The number of amides is 2. The van der Waals surface area contributed by atoms with Crippen molar-refractivity contribution < 1.29 is 9.90 Å². The van der Waals surface area contributed by atoms with Gasteiger partial charge in [-0.25, -0.2) is 4.79 Å². The molecule has 1 unspecified atom stereocenters. The monoisotopic (exact) mass is 213 g/mol. The number of aliphatic hydroxyl groups is 1. The minimum Gasteiger partial charge on any atom is -0.391 e. The third-order valence-electron chi connectivity index (χ3n) is 3.21. The number of carbonyl (C=O) groups excluding carboxylic acids is 1. The van der Waals surface area contributed by atoms with E-state index in [1.807, 2.05) is 4.90 Å². The number of rotatable bonds is 0. The van der Waals surface area contributed by atoms with Gasteiger partial charge in [-0.05, 0) is 13.5 Å². The third kappa shape index (κ3) is 2.41. The number of piperazine rings is 1. The highest BCUT2D eigenvalue weighted by Gasteiger charge is 2.29. The summed E-state index contributed by atoms with van der Waals surface area (Å²) in [6.07, 6.45) is 0.404. The smallest absolute Gasteiger partial charge is 0.320 e. The van der Waals surface area contributed by atoms with Crippen LogP contribution in [-0.2, 0) is 0 Å². The van der Waals surface area contributed by atoms with Crippen molar-refractivity contribution in [3.05, 3.63) is 0 Å². The number of aliphatic hydroxyl groups excluding tert-OH is 1. The van der Waals surface area contributed by atoms with Crippen molar-refractivity contribution in [1.29, 1.82) is 0 Å². The number of β-amino-alcohol motifs (C(OH)–C–C–N with tert-alkyl or cyclic N) is 1. The molecule has 2 fully saturated rings. The van der Waals surface area contributed by atoms with Crippen molar-refractivity contribution in [3.63, 3.8) is 0 Å². The first-order chi connectivity index (χ1) is 7.16. The SMILES string of the molecule is CN1CCN(C(=O)N2CCC(O)C2)CC1. The fourth-order valence-electron chi connectivity index (χ4n) is 2.11. The highest BCUT2D eigenvalue weighted by atomic mass is 16.3. The van der Waals surface area contributed by atoms with Crippen LogP contribution in [0.1, 0.15) is 6.42 Å². The van der Waals surface area contributed by atoms with Crippen LogP contribution in [0.4, 0.5) is 4.79 Å². The molecule has 2 amide bonds. The average molecular weight is 213 g/mol. The normalized spacial score (nSPS) is 28.5. The van der Waals surface area contributed by atoms with E-state index < -0.39 is 0 Å². The van der Waals surface area contributed by atoms with Crippen molar-refractivity contribution in [2.75, 3.05) is 46.3 Å². The number of nitrogens with zero attached hydrogens (tertiary/aromatic N) is 3. The fourth-order valence-corrected chi connectivity index (χ4v) is 2.11. The molecule has 0 aliphatic carbocycles. The summed E-state index contributed by atoms with van der Waals surface area (Å²) in [5.74, 6) is 0. The Balaban J connectivity index is 1.85. The first kappa shape index (κ1) is 10.7. The number of hydrogen-bond donors (Lipinski definition) is 1. The van der Waals surface area contributed by atoms with Crippen LogP contribution in [0.25, 0.3) is 0 Å². The minimum atomic E-state index is -0.318. The summed E-state index contributed by atoms with van der Waals surface area (Å²) < 4.78 is 0. The maximum Gasteiger partial charge on any atom is 0.320 e. The van der Waals surface area contributed by atoms with Gasteiger partial charge in [-0.15, -0.1) is 0 Å². The molecule has 0 bridgehead atoms. The molecule has 2 aliphatic rings. The Bertz CT molecular complexity index is 239. The lowest BCUT2D eigenvalue weighted by molar-refractivity contribution is 0.121. The predicted molar refractivity (Wildman–Crippen MR) is 56.7 cm³/mol. The molecule has 0 aromatic carbocycles. The van der Waals surface area contributed by atoms with Crippen molar-refractivity contribution in [2.45, 2.75) is 12.5 Å². The zero-order chi connectivity index (χ0) is 10.8. The topological polar surface area (TPSA) is 47.0 Å². The molecular weight excluding hydrogens is 194 g/mol. The Labute approximate surface area is 90.2 Å². The largest absolute Gasteiger partial charge is 0.391 e. The molecule has 0 aromatic rings. The van der Waals surface area contributed by atoms with E-state index in [1.165, 1.54) is 0 Å². The van der Waals surface area contributed by atoms with Crippen LogP contribution < -0.4 is 0 Å². The molecule has 0 saturated carbocycles. The van der Waals surface area contributed by atoms with Crippen LogP contribution in [0.3, 0.4) is 0 Å². The van der Waals surface area contributed by atoms with Crippen molar-refractivity contribution in [1.82, 2.24) is 14.7 Å². The van der Waals surface area contributed by atoms with E-state index in [0.717, 1.165) is 32.6 Å². The van der Waals surface area contributed by atoms with Gasteiger partial charge >= 0.3 is 6.03 Å². The molecule has 1 N–H and O–H groups in total. The lowest BCUT2D eigenvalue weighted by Crippen LogP contribution is -2.51. The Morgan fingerprint density at radius 2 is 1.80 bits per heavy atom. The van der Waals surface area contributed by atoms with Gasteiger partial charge in [-0.1, -0.05) is 0 Å². The summed E-state index contributed by atoms with van der Waals surface area (Å²) in [5, 5.41) is 9.37. The first-order valence-electron chi connectivity index (χ1n) is 5.57. The highest BCUT2D eigenvalue weighted by Crippen LogP contribution is 2.12. The lowest BCUT2D eigenvalue weighted by atomic mass is 10.3. The van der Waals surface area contributed by atoms with Gasteiger partial charge in [0, 0.05) is 39.3 Å². The Kier molecular flexibility index (Phi) is 3.11. The second-order valence-corrected chi connectivity index (χ2v) is 4.46. The molecule has 5 heteroatoms. The summed E-state index contributed by atoms with van der Waals surface area (Å²) in [6, 6.07) is 0.0969. The zero-order valence-electron chi connectivity index (χ0n) is 9.22. The molecule has 86 valence electrons. The third-order valence-corrected chi connectivity index (χ3v) is 3.21. The molecule has 2 heterocycles. The average Bonchev–Trinajstić information content (AvgIpc) is 2.65. The number of carbonyl (C=O) groups is 1. The lowest BCUT2D eigenvalue weighted by Gasteiger charge is -2.34. The van der Waals surface area contributed by atoms with Crippen LogP contribution in [0.2, 0.25) is 0 Å². The van der Waals surface area contributed by atoms with Crippen molar-refractivity contribution in [2.24, 2.45) is 0 Å². The molecule has 0 radical (unpaired) electrons. The van der Waals surface area contributed by atoms with E-state index in [-0.39, 0.29) is 12.1 Å². The van der Waals surface area contributed by atoms with Gasteiger partial charge in [0.25, 0.3) is 0 Å². The van der Waals surface area contributed by atoms with Gasteiger partial charge in [-0.2, -0.15) is 0 Å². The second-order valence-electron chi connectivity index (χ2n) is 4.46. The zero-order valence-corrected chi connectivity index (χ0v) is 9.22. The maximum absolute atomic E-state index is 12.0. The van der Waals surface area contributed by atoms with Gasteiger partial charge in [0.1, 0.15) is 0 Å². The van der Waals surface area contributed by atoms with Crippen LogP contribution in [-0.4, -0.2) is 78.3 Å². The number of likely N-dealkylation sites (N-methyl/N-ethyl adjacent to an activating group) is 1. The molecule has 0 spiro atoms. The number of urea groups is 1. The second kappa shape index (κ2) is 4.37. The van der Waals surface area contributed by atoms with Crippen LogP contribution in [0.15, 0.2) is 0 Å². The number of hydrogen-bond acceptors (Lipinski definition) is 3. The summed E-state index contributed by atoms with van der Waals surface area (Å²) in [6.45, 7) is 4.71.